The molecule has 1 amide bonds. The van der Waals surface area contributed by atoms with Gasteiger partial charge in [-0.3, -0.25) is 14.5 Å². The first-order chi connectivity index (χ1) is 15.7. The molecule has 9 nitrogen and oxygen atoms in total. The van der Waals surface area contributed by atoms with Crippen LogP contribution in [0.15, 0.2) is 52.2 Å². The van der Waals surface area contributed by atoms with Crippen LogP contribution in [0.4, 0.5) is 5.69 Å². The van der Waals surface area contributed by atoms with E-state index in [1.165, 1.54) is 22.5 Å². The van der Waals surface area contributed by atoms with Crippen LogP contribution >= 0.6 is 11.6 Å². The van der Waals surface area contributed by atoms with E-state index in [-0.39, 0.29) is 40.2 Å². The molecule has 0 bridgehead atoms. The molecule has 1 aromatic heterocycles. The molecule has 1 aliphatic heterocycles. The van der Waals surface area contributed by atoms with E-state index in [0.717, 1.165) is 12.8 Å². The van der Waals surface area contributed by atoms with Crippen molar-refractivity contribution in [2.75, 3.05) is 32.0 Å². The van der Waals surface area contributed by atoms with Gasteiger partial charge in [-0.05, 0) is 50.2 Å². The Bertz CT molecular complexity index is 1350. The van der Waals surface area contributed by atoms with Crippen LogP contribution in [-0.2, 0) is 21.4 Å². The standard InChI is InChI=1S/C22H24ClN5O4S/c1-27(13-20-24-18-7-3-2-6-16(18)22(30)26-20)14-21(29)25-19-12-15(8-9-17(19)23)33(31,32)28-10-4-5-11-28/h2-3,6-9,12H,4-5,10-11,13-14H2,1H3,(H,25,29)(H,24,26,30). The molecular weight excluding hydrogens is 466 g/mol. The first-order valence-corrected chi connectivity index (χ1v) is 12.3. The zero-order valence-corrected chi connectivity index (χ0v) is 19.6. The lowest BCUT2D eigenvalue weighted by atomic mass is 10.2. The van der Waals surface area contributed by atoms with E-state index in [2.05, 4.69) is 15.3 Å². The summed E-state index contributed by atoms with van der Waals surface area (Å²) in [6.45, 7) is 1.20. The van der Waals surface area contributed by atoms with Gasteiger partial charge in [0.2, 0.25) is 15.9 Å². The third-order valence-corrected chi connectivity index (χ3v) is 7.63. The summed E-state index contributed by atoms with van der Waals surface area (Å²) in [5.74, 6) is 0.0593. The number of H-pyrrole nitrogens is 1. The second-order valence-electron chi connectivity index (χ2n) is 8.00. The van der Waals surface area contributed by atoms with Gasteiger partial charge >= 0.3 is 0 Å². The predicted molar refractivity (Wildman–Crippen MR) is 127 cm³/mol. The minimum Gasteiger partial charge on any atom is -0.324 e. The second kappa shape index (κ2) is 9.60. The number of aromatic amines is 1. The molecule has 4 rings (SSSR count). The first kappa shape index (κ1) is 23.4. The lowest BCUT2D eigenvalue weighted by Gasteiger charge is -2.18. The molecule has 174 valence electrons. The smallest absolute Gasteiger partial charge is 0.258 e. The highest BCUT2D eigenvalue weighted by atomic mass is 35.5. The van der Waals surface area contributed by atoms with Gasteiger partial charge in [0, 0.05) is 13.1 Å². The maximum atomic E-state index is 12.8. The van der Waals surface area contributed by atoms with E-state index >= 15 is 0 Å². The van der Waals surface area contributed by atoms with Gasteiger partial charge in [0.05, 0.1) is 39.6 Å². The average molecular weight is 490 g/mol. The number of nitrogens with zero attached hydrogens (tertiary/aromatic N) is 3. The number of carbonyl (C=O) groups excluding carboxylic acids is 1. The van der Waals surface area contributed by atoms with Crippen LogP contribution in [0, 0.1) is 0 Å². The lowest BCUT2D eigenvalue weighted by molar-refractivity contribution is -0.117. The molecule has 33 heavy (non-hydrogen) atoms. The number of nitrogens with one attached hydrogen (secondary N) is 2. The molecule has 0 spiro atoms. The maximum absolute atomic E-state index is 12.8. The molecule has 0 radical (unpaired) electrons. The van der Waals surface area contributed by atoms with E-state index in [9.17, 15) is 18.0 Å². The molecule has 1 fully saturated rings. The predicted octanol–water partition coefficient (Wildman–Crippen LogP) is 2.43. The fourth-order valence-electron chi connectivity index (χ4n) is 3.79. The number of rotatable bonds is 7. The monoisotopic (exact) mass is 489 g/mol. The number of anilines is 1. The number of sulfonamides is 1. The van der Waals surface area contributed by atoms with Crippen LogP contribution in [0.3, 0.4) is 0 Å². The molecular formula is C22H24ClN5O4S. The molecule has 0 saturated carbocycles. The van der Waals surface area contributed by atoms with Crippen molar-refractivity contribution in [2.24, 2.45) is 0 Å². The van der Waals surface area contributed by atoms with Crippen LogP contribution in [0.25, 0.3) is 10.9 Å². The van der Waals surface area contributed by atoms with Crippen LogP contribution in [0.2, 0.25) is 5.02 Å². The summed E-state index contributed by atoms with van der Waals surface area (Å²) in [5.41, 5.74) is 0.570. The Hall–Kier alpha value is -2.79. The Kier molecular flexibility index (Phi) is 6.80. The number of halogens is 1. The van der Waals surface area contributed by atoms with Crippen molar-refractivity contribution in [1.82, 2.24) is 19.2 Å². The zero-order chi connectivity index (χ0) is 23.6. The minimum absolute atomic E-state index is 0.0179. The molecule has 0 aliphatic carbocycles. The van der Waals surface area contributed by atoms with Crippen molar-refractivity contribution in [2.45, 2.75) is 24.3 Å². The van der Waals surface area contributed by atoms with Crippen molar-refractivity contribution < 1.29 is 13.2 Å². The van der Waals surface area contributed by atoms with Crippen LogP contribution < -0.4 is 10.9 Å². The first-order valence-electron chi connectivity index (χ1n) is 10.5. The Morgan fingerprint density at radius 1 is 1.21 bits per heavy atom. The van der Waals surface area contributed by atoms with Gasteiger partial charge in [-0.1, -0.05) is 23.7 Å². The summed E-state index contributed by atoms with van der Waals surface area (Å²) in [6, 6.07) is 11.3. The third kappa shape index (κ3) is 5.25. The zero-order valence-electron chi connectivity index (χ0n) is 18.0. The Labute approximate surface area is 196 Å². The lowest BCUT2D eigenvalue weighted by Crippen LogP contribution is -2.31. The van der Waals surface area contributed by atoms with E-state index in [0.29, 0.717) is 29.8 Å². The minimum atomic E-state index is -3.63. The second-order valence-corrected chi connectivity index (χ2v) is 10.3. The number of fused-ring (bicyclic) bond motifs is 1. The van der Waals surface area contributed by atoms with Gasteiger partial charge in [-0.15, -0.1) is 0 Å². The van der Waals surface area contributed by atoms with Gasteiger partial charge in [0.1, 0.15) is 5.82 Å². The number of benzene rings is 2. The number of hydrogen-bond acceptors (Lipinski definition) is 6. The van der Waals surface area contributed by atoms with E-state index in [4.69, 9.17) is 11.6 Å². The summed E-state index contributed by atoms with van der Waals surface area (Å²) in [6.07, 6.45) is 1.67. The molecule has 3 aromatic rings. The average Bonchev–Trinajstić information content (AvgIpc) is 3.31. The Balaban J connectivity index is 1.44. The number of aromatic nitrogens is 2. The fraction of sp³-hybridized carbons (Fsp3) is 0.318. The molecule has 11 heteroatoms. The number of likely N-dealkylation sites (N-methyl/N-ethyl adjacent to an activating group) is 1. The SMILES string of the molecule is CN(CC(=O)Nc1cc(S(=O)(=O)N2CCCC2)ccc1Cl)Cc1nc2ccccc2c(=O)[nH]1. The molecule has 0 atom stereocenters. The summed E-state index contributed by atoms with van der Waals surface area (Å²) in [7, 11) is -1.92. The van der Waals surface area contributed by atoms with Crippen molar-refractivity contribution in [1.29, 1.82) is 0 Å². The quantitative estimate of drug-likeness (QED) is 0.526. The molecule has 0 unspecified atom stereocenters. The van der Waals surface area contributed by atoms with Crippen LogP contribution in [-0.4, -0.2) is 60.2 Å². The number of para-hydroxylation sites is 1. The topological polar surface area (TPSA) is 115 Å². The molecule has 1 saturated heterocycles. The van der Waals surface area contributed by atoms with Crippen LogP contribution in [0.5, 0.6) is 0 Å². The summed E-state index contributed by atoms with van der Waals surface area (Å²) in [5, 5.41) is 3.43. The highest BCUT2D eigenvalue weighted by Gasteiger charge is 2.27. The third-order valence-electron chi connectivity index (χ3n) is 5.41. The van der Waals surface area contributed by atoms with Gasteiger partial charge in [-0.25, -0.2) is 13.4 Å². The highest BCUT2D eigenvalue weighted by molar-refractivity contribution is 7.89. The summed E-state index contributed by atoms with van der Waals surface area (Å²) < 4.78 is 27.1. The molecule has 2 aromatic carbocycles. The maximum Gasteiger partial charge on any atom is 0.258 e. The van der Waals surface area contributed by atoms with Gasteiger partial charge < -0.3 is 10.3 Å². The van der Waals surface area contributed by atoms with Crippen molar-refractivity contribution in [3.05, 3.63) is 63.7 Å². The Morgan fingerprint density at radius 2 is 1.94 bits per heavy atom. The summed E-state index contributed by atoms with van der Waals surface area (Å²) in [4.78, 5) is 33.8. The van der Waals surface area contributed by atoms with Crippen molar-refractivity contribution >= 4 is 44.1 Å². The van der Waals surface area contributed by atoms with Gasteiger partial charge in [0.15, 0.2) is 0 Å². The molecule has 2 heterocycles. The number of amides is 1. The fourth-order valence-corrected chi connectivity index (χ4v) is 5.50. The highest BCUT2D eigenvalue weighted by Crippen LogP contribution is 2.28. The normalized spacial score (nSPS) is 14.8. The van der Waals surface area contributed by atoms with Crippen molar-refractivity contribution in [3.8, 4) is 0 Å². The summed E-state index contributed by atoms with van der Waals surface area (Å²) >= 11 is 6.20. The van der Waals surface area contributed by atoms with E-state index in [1.807, 2.05) is 0 Å². The number of carbonyl (C=O) groups is 1. The van der Waals surface area contributed by atoms with Crippen molar-refractivity contribution in [3.63, 3.8) is 0 Å². The van der Waals surface area contributed by atoms with Crippen LogP contribution in [0.1, 0.15) is 18.7 Å². The number of hydrogen-bond donors (Lipinski definition) is 2. The van der Waals surface area contributed by atoms with E-state index < -0.39 is 10.0 Å². The Morgan fingerprint density at radius 3 is 2.70 bits per heavy atom. The van der Waals surface area contributed by atoms with Gasteiger partial charge in [-0.2, -0.15) is 4.31 Å². The van der Waals surface area contributed by atoms with E-state index in [1.54, 1.807) is 36.2 Å². The van der Waals surface area contributed by atoms with Gasteiger partial charge in [0.25, 0.3) is 5.56 Å². The largest absolute Gasteiger partial charge is 0.324 e. The molecule has 2 N–H and O–H groups in total. The molecule has 1 aliphatic rings.